The Morgan fingerprint density at radius 3 is 2.34 bits per heavy atom. The first-order valence-electron chi connectivity index (χ1n) is 12.0. The first kappa shape index (κ1) is 25.1. The van der Waals surface area contributed by atoms with Crippen LogP contribution >= 0.6 is 0 Å². The molecule has 8 nitrogen and oxygen atoms in total. The minimum atomic E-state index is -3.12. The van der Waals surface area contributed by atoms with E-state index in [9.17, 15) is 13.2 Å². The minimum Gasteiger partial charge on any atom is -0.348 e. The van der Waals surface area contributed by atoms with Gasteiger partial charge in [-0.15, -0.1) is 0 Å². The number of hydrogen-bond acceptors (Lipinski definition) is 5. The van der Waals surface area contributed by atoms with E-state index in [0.717, 1.165) is 35.6 Å². The fraction of sp³-hybridized carbons (Fsp3) is 0.385. The van der Waals surface area contributed by atoms with Crippen molar-refractivity contribution in [3.8, 4) is 0 Å². The molecule has 0 atom stereocenters. The van der Waals surface area contributed by atoms with Crippen LogP contribution in [-0.2, 0) is 29.7 Å². The van der Waals surface area contributed by atoms with Gasteiger partial charge in [-0.2, -0.15) is 4.31 Å². The molecule has 3 aromatic rings. The van der Waals surface area contributed by atoms with E-state index >= 15 is 0 Å². The Balaban J connectivity index is 1.27. The van der Waals surface area contributed by atoms with Gasteiger partial charge in [-0.05, 0) is 42.7 Å². The fourth-order valence-corrected chi connectivity index (χ4v) is 5.34. The van der Waals surface area contributed by atoms with Crippen LogP contribution in [-0.4, -0.2) is 65.0 Å². The highest BCUT2D eigenvalue weighted by Gasteiger charge is 2.25. The van der Waals surface area contributed by atoms with Crippen molar-refractivity contribution in [2.45, 2.75) is 33.5 Å². The summed E-state index contributed by atoms with van der Waals surface area (Å²) in [6.07, 6.45) is 3.76. The Morgan fingerprint density at radius 2 is 1.69 bits per heavy atom. The first-order chi connectivity index (χ1) is 16.8. The van der Waals surface area contributed by atoms with Crippen LogP contribution in [0.25, 0.3) is 0 Å². The Bertz CT molecular complexity index is 1250. The zero-order valence-electron chi connectivity index (χ0n) is 20.4. The normalized spacial score (nSPS) is 15.3. The van der Waals surface area contributed by atoms with Crippen molar-refractivity contribution in [2.24, 2.45) is 0 Å². The van der Waals surface area contributed by atoms with Crippen LogP contribution in [0.4, 0.5) is 0 Å². The number of aromatic nitrogens is 2. The van der Waals surface area contributed by atoms with E-state index in [2.05, 4.69) is 31.9 Å². The van der Waals surface area contributed by atoms with Gasteiger partial charge in [0.25, 0.3) is 5.91 Å². The van der Waals surface area contributed by atoms with E-state index in [1.807, 2.05) is 49.5 Å². The molecule has 0 aliphatic carbocycles. The second-order valence-electron chi connectivity index (χ2n) is 8.88. The van der Waals surface area contributed by atoms with Crippen molar-refractivity contribution < 1.29 is 13.2 Å². The average Bonchev–Trinajstić information content (AvgIpc) is 3.27. The molecule has 1 amide bonds. The number of imidazole rings is 1. The van der Waals surface area contributed by atoms with E-state index in [4.69, 9.17) is 0 Å². The second kappa shape index (κ2) is 11.2. The van der Waals surface area contributed by atoms with Gasteiger partial charge >= 0.3 is 0 Å². The van der Waals surface area contributed by atoms with Crippen LogP contribution in [0, 0.1) is 6.92 Å². The summed E-state index contributed by atoms with van der Waals surface area (Å²) in [5, 5.41) is 3.01. The molecule has 0 spiro atoms. The summed E-state index contributed by atoms with van der Waals surface area (Å²) in [5.41, 5.74) is 3.94. The summed E-state index contributed by atoms with van der Waals surface area (Å²) in [7, 11) is -3.12. The third kappa shape index (κ3) is 6.56. The standard InChI is InChI=1S/C26H33N5O3S/c1-3-35(33,34)31-15-13-29(14-16-31)19-22-7-9-25(10-8-22)26(32)28-18-23-5-4-6-24(17-23)20-30-12-11-27-21(30)2/h4-12,17H,3,13-16,18-20H2,1-2H3,(H,28,32). The molecule has 0 saturated carbocycles. The number of nitrogens with one attached hydrogen (secondary N) is 1. The topological polar surface area (TPSA) is 87.5 Å². The van der Waals surface area contributed by atoms with Crippen LogP contribution in [0.3, 0.4) is 0 Å². The number of carbonyl (C=O) groups is 1. The lowest BCUT2D eigenvalue weighted by Gasteiger charge is -2.33. The SMILES string of the molecule is CCS(=O)(=O)N1CCN(Cc2ccc(C(=O)NCc3cccc(Cn4ccnc4C)c3)cc2)CC1. The number of piperazine rings is 1. The lowest BCUT2D eigenvalue weighted by atomic mass is 10.1. The molecule has 0 radical (unpaired) electrons. The summed E-state index contributed by atoms with van der Waals surface area (Å²) >= 11 is 0. The van der Waals surface area contributed by atoms with Crippen LogP contribution < -0.4 is 5.32 Å². The van der Waals surface area contributed by atoms with E-state index in [0.29, 0.717) is 38.3 Å². The summed E-state index contributed by atoms with van der Waals surface area (Å²) in [4.78, 5) is 19.2. The molecule has 1 saturated heterocycles. The van der Waals surface area contributed by atoms with E-state index in [1.165, 1.54) is 0 Å². The number of carbonyl (C=O) groups excluding carboxylic acids is 1. The molecule has 0 bridgehead atoms. The smallest absolute Gasteiger partial charge is 0.251 e. The highest BCUT2D eigenvalue weighted by molar-refractivity contribution is 7.89. The summed E-state index contributed by atoms with van der Waals surface area (Å²) in [6, 6.07) is 15.8. The molecule has 35 heavy (non-hydrogen) atoms. The molecule has 186 valence electrons. The van der Waals surface area contributed by atoms with Gasteiger partial charge in [-0.1, -0.05) is 36.4 Å². The number of nitrogens with zero attached hydrogens (tertiary/aromatic N) is 4. The van der Waals surface area contributed by atoms with Crippen molar-refractivity contribution in [2.75, 3.05) is 31.9 Å². The highest BCUT2D eigenvalue weighted by atomic mass is 32.2. The zero-order valence-corrected chi connectivity index (χ0v) is 21.2. The van der Waals surface area contributed by atoms with Crippen molar-refractivity contribution >= 4 is 15.9 Å². The van der Waals surface area contributed by atoms with Crippen molar-refractivity contribution in [3.63, 3.8) is 0 Å². The monoisotopic (exact) mass is 495 g/mol. The van der Waals surface area contributed by atoms with Gasteiger partial charge in [0, 0.05) is 63.8 Å². The number of sulfonamides is 1. The molecule has 2 aromatic carbocycles. The molecular weight excluding hydrogens is 462 g/mol. The summed E-state index contributed by atoms with van der Waals surface area (Å²) in [6.45, 7) is 8.09. The van der Waals surface area contributed by atoms with Crippen LogP contribution in [0.1, 0.15) is 39.8 Å². The highest BCUT2D eigenvalue weighted by Crippen LogP contribution is 2.13. The number of amides is 1. The molecular formula is C26H33N5O3S. The van der Waals surface area contributed by atoms with Gasteiger partial charge in [0.05, 0.1) is 5.75 Å². The second-order valence-corrected chi connectivity index (χ2v) is 11.1. The molecule has 1 fully saturated rings. The van der Waals surface area contributed by atoms with Gasteiger partial charge < -0.3 is 9.88 Å². The average molecular weight is 496 g/mol. The van der Waals surface area contributed by atoms with E-state index in [-0.39, 0.29) is 11.7 Å². The van der Waals surface area contributed by atoms with Gasteiger partial charge in [-0.25, -0.2) is 13.4 Å². The Hall–Kier alpha value is -3.01. The summed E-state index contributed by atoms with van der Waals surface area (Å²) < 4.78 is 27.7. The number of rotatable bonds is 9. The summed E-state index contributed by atoms with van der Waals surface area (Å²) in [5.74, 6) is 1.01. The molecule has 9 heteroatoms. The predicted octanol–water partition coefficient (Wildman–Crippen LogP) is 2.64. The van der Waals surface area contributed by atoms with Crippen molar-refractivity contribution in [3.05, 3.63) is 89.0 Å². The Labute approximate surface area is 207 Å². The van der Waals surface area contributed by atoms with Gasteiger partial charge in [0.1, 0.15) is 5.82 Å². The number of benzene rings is 2. The van der Waals surface area contributed by atoms with Crippen molar-refractivity contribution in [1.29, 1.82) is 0 Å². The fourth-order valence-electron chi connectivity index (χ4n) is 4.26. The zero-order chi connectivity index (χ0) is 24.8. The van der Waals surface area contributed by atoms with Crippen LogP contribution in [0.15, 0.2) is 60.9 Å². The maximum atomic E-state index is 12.7. The molecule has 0 unspecified atom stereocenters. The Kier molecular flexibility index (Phi) is 8.00. The number of hydrogen-bond donors (Lipinski definition) is 1. The maximum Gasteiger partial charge on any atom is 0.251 e. The van der Waals surface area contributed by atoms with Crippen molar-refractivity contribution in [1.82, 2.24) is 24.1 Å². The quantitative estimate of drug-likeness (QED) is 0.493. The largest absolute Gasteiger partial charge is 0.348 e. The number of aryl methyl sites for hydroxylation is 1. The predicted molar refractivity (Wildman–Crippen MR) is 136 cm³/mol. The minimum absolute atomic E-state index is 0.106. The molecule has 2 heterocycles. The molecule has 1 aromatic heterocycles. The van der Waals surface area contributed by atoms with E-state index < -0.39 is 10.0 Å². The van der Waals surface area contributed by atoms with Gasteiger partial charge in [0.15, 0.2) is 0 Å². The van der Waals surface area contributed by atoms with E-state index in [1.54, 1.807) is 17.4 Å². The molecule has 1 N–H and O–H groups in total. The lowest BCUT2D eigenvalue weighted by molar-refractivity contribution is 0.0951. The maximum absolute atomic E-state index is 12.7. The van der Waals surface area contributed by atoms with Gasteiger partial charge in [-0.3, -0.25) is 9.69 Å². The van der Waals surface area contributed by atoms with Crippen LogP contribution in [0.5, 0.6) is 0 Å². The first-order valence-corrected chi connectivity index (χ1v) is 13.6. The van der Waals surface area contributed by atoms with Crippen LogP contribution in [0.2, 0.25) is 0 Å². The van der Waals surface area contributed by atoms with Gasteiger partial charge in [0.2, 0.25) is 10.0 Å². The molecule has 1 aliphatic heterocycles. The molecule has 4 rings (SSSR count). The lowest BCUT2D eigenvalue weighted by Crippen LogP contribution is -2.48. The third-order valence-corrected chi connectivity index (χ3v) is 8.31. The third-order valence-electron chi connectivity index (χ3n) is 6.43. The molecule has 1 aliphatic rings. The Morgan fingerprint density at radius 1 is 0.971 bits per heavy atom.